The summed E-state index contributed by atoms with van der Waals surface area (Å²) >= 11 is 0. The zero-order valence-electron chi connectivity index (χ0n) is 16.2. The lowest BCUT2D eigenvalue weighted by atomic mass is 10.0. The van der Waals surface area contributed by atoms with Gasteiger partial charge in [-0.05, 0) is 38.5 Å². The van der Waals surface area contributed by atoms with Crippen LogP contribution in [0.15, 0.2) is 48.6 Å². The number of hydrogen-bond donors (Lipinski definition) is 3. The number of aliphatic hydroxyl groups is 2. The smallest absolute Gasteiger partial charge is 0.303 e. The highest BCUT2D eigenvalue weighted by Crippen LogP contribution is 2.26. The Morgan fingerprint density at radius 2 is 1.59 bits per heavy atom. The fourth-order valence-electron chi connectivity index (χ4n) is 2.85. The number of hydrogen-bond acceptors (Lipinski definition) is 4. The van der Waals surface area contributed by atoms with Crippen LogP contribution in [0.4, 0.5) is 0 Å². The molecule has 1 aliphatic heterocycles. The molecule has 4 unspecified atom stereocenters. The highest BCUT2D eigenvalue weighted by atomic mass is 16.5. The molecule has 0 aliphatic carbocycles. The Kier molecular flexibility index (Phi) is 12.4. The van der Waals surface area contributed by atoms with Crippen molar-refractivity contribution in [3.8, 4) is 0 Å². The van der Waals surface area contributed by atoms with Gasteiger partial charge in [-0.2, -0.15) is 0 Å². The number of rotatable bonds is 13. The molecule has 4 atom stereocenters. The van der Waals surface area contributed by atoms with E-state index < -0.39 is 18.2 Å². The lowest BCUT2D eigenvalue weighted by Crippen LogP contribution is -2.25. The topological polar surface area (TPSA) is 87.0 Å². The van der Waals surface area contributed by atoms with Crippen molar-refractivity contribution in [2.45, 2.75) is 82.7 Å². The first-order valence-electron chi connectivity index (χ1n) is 9.88. The maximum absolute atomic E-state index is 10.3. The van der Waals surface area contributed by atoms with Gasteiger partial charge in [-0.25, -0.2) is 0 Å². The molecule has 0 aromatic carbocycles. The van der Waals surface area contributed by atoms with Crippen molar-refractivity contribution >= 4 is 5.97 Å². The van der Waals surface area contributed by atoms with Crippen LogP contribution in [0.3, 0.4) is 0 Å². The summed E-state index contributed by atoms with van der Waals surface area (Å²) < 4.78 is 5.73. The molecule has 5 nitrogen and oxygen atoms in total. The summed E-state index contributed by atoms with van der Waals surface area (Å²) in [6, 6.07) is 0. The van der Waals surface area contributed by atoms with E-state index in [1.54, 1.807) is 0 Å². The summed E-state index contributed by atoms with van der Waals surface area (Å²) in [6.45, 7) is 1.91. The molecule has 152 valence electrons. The van der Waals surface area contributed by atoms with Gasteiger partial charge in [-0.3, -0.25) is 4.79 Å². The van der Waals surface area contributed by atoms with Crippen molar-refractivity contribution in [2.75, 3.05) is 0 Å². The van der Waals surface area contributed by atoms with Crippen LogP contribution >= 0.6 is 0 Å². The molecular formula is C22H34O5. The summed E-state index contributed by atoms with van der Waals surface area (Å²) in [4.78, 5) is 10.3. The van der Waals surface area contributed by atoms with Crippen molar-refractivity contribution in [1.29, 1.82) is 0 Å². The van der Waals surface area contributed by atoms with Crippen molar-refractivity contribution in [1.82, 2.24) is 0 Å². The van der Waals surface area contributed by atoms with Crippen molar-refractivity contribution < 1.29 is 24.9 Å². The van der Waals surface area contributed by atoms with Crippen LogP contribution in [0.5, 0.6) is 0 Å². The summed E-state index contributed by atoms with van der Waals surface area (Å²) in [5.74, 6) is -0.763. The Labute approximate surface area is 162 Å². The van der Waals surface area contributed by atoms with E-state index in [4.69, 9.17) is 9.84 Å². The molecule has 27 heavy (non-hydrogen) atoms. The molecule has 1 heterocycles. The van der Waals surface area contributed by atoms with Crippen LogP contribution in [-0.4, -0.2) is 45.7 Å². The molecule has 0 saturated carbocycles. The van der Waals surface area contributed by atoms with Gasteiger partial charge in [0.1, 0.15) is 0 Å². The predicted molar refractivity (Wildman–Crippen MR) is 107 cm³/mol. The Bertz CT molecular complexity index is 521. The Morgan fingerprint density at radius 3 is 2.15 bits per heavy atom. The average molecular weight is 379 g/mol. The van der Waals surface area contributed by atoms with Crippen molar-refractivity contribution in [3.63, 3.8) is 0 Å². The standard InChI is InChI=1S/C22H34O5/c1-2-18(23)21-17-19(24)20(27-21)15-13-11-9-7-5-3-4-6-8-10-12-14-16-22(25)26/h4-7,10-13,18-21,23-24H,2-3,8-9,14-17H2,1H3,(H,25,26)/b6-4+,7-5+,12-10+,13-11+. The third kappa shape index (κ3) is 10.9. The molecule has 0 radical (unpaired) electrons. The van der Waals surface area contributed by atoms with E-state index in [9.17, 15) is 15.0 Å². The normalized spacial score (nSPS) is 24.8. The number of carbonyl (C=O) groups is 1. The first-order valence-corrected chi connectivity index (χ1v) is 9.88. The Morgan fingerprint density at radius 1 is 1.04 bits per heavy atom. The van der Waals surface area contributed by atoms with Gasteiger partial charge >= 0.3 is 5.97 Å². The van der Waals surface area contributed by atoms with E-state index in [0.29, 0.717) is 25.7 Å². The van der Waals surface area contributed by atoms with Gasteiger partial charge in [0.25, 0.3) is 0 Å². The van der Waals surface area contributed by atoms with Gasteiger partial charge in [-0.1, -0.05) is 55.5 Å². The molecule has 1 aliphatic rings. The second-order valence-electron chi connectivity index (χ2n) is 6.75. The van der Waals surface area contributed by atoms with Gasteiger partial charge in [0.15, 0.2) is 0 Å². The maximum atomic E-state index is 10.3. The quantitative estimate of drug-likeness (QED) is 0.423. The molecule has 0 aromatic rings. The van der Waals surface area contributed by atoms with Crippen LogP contribution < -0.4 is 0 Å². The zero-order valence-corrected chi connectivity index (χ0v) is 16.2. The molecule has 0 bridgehead atoms. The van der Waals surface area contributed by atoms with Gasteiger partial charge in [0.2, 0.25) is 0 Å². The molecule has 0 aromatic heterocycles. The zero-order chi connectivity index (χ0) is 19.9. The van der Waals surface area contributed by atoms with Crippen molar-refractivity contribution in [3.05, 3.63) is 48.6 Å². The maximum Gasteiger partial charge on any atom is 0.303 e. The minimum absolute atomic E-state index is 0.184. The van der Waals surface area contributed by atoms with E-state index in [1.165, 1.54) is 0 Å². The van der Waals surface area contributed by atoms with E-state index in [-0.39, 0.29) is 18.6 Å². The van der Waals surface area contributed by atoms with Crippen LogP contribution in [0.25, 0.3) is 0 Å². The minimum Gasteiger partial charge on any atom is -0.481 e. The second-order valence-corrected chi connectivity index (χ2v) is 6.75. The van der Waals surface area contributed by atoms with Crippen LogP contribution in [0.2, 0.25) is 0 Å². The third-order valence-corrected chi connectivity index (χ3v) is 4.48. The molecule has 0 spiro atoms. The van der Waals surface area contributed by atoms with Gasteiger partial charge in [0.05, 0.1) is 24.4 Å². The van der Waals surface area contributed by atoms with E-state index in [0.717, 1.165) is 19.3 Å². The summed E-state index contributed by atoms with van der Waals surface area (Å²) in [5, 5.41) is 28.3. The lowest BCUT2D eigenvalue weighted by molar-refractivity contribution is -0.136. The third-order valence-electron chi connectivity index (χ3n) is 4.48. The molecule has 0 amide bonds. The molecule has 5 heteroatoms. The first-order chi connectivity index (χ1) is 13.0. The number of aliphatic carboxylic acids is 1. The first kappa shape index (κ1) is 23.3. The van der Waals surface area contributed by atoms with Crippen LogP contribution in [0.1, 0.15) is 58.3 Å². The monoisotopic (exact) mass is 378 g/mol. The van der Waals surface area contributed by atoms with Crippen LogP contribution in [-0.2, 0) is 9.53 Å². The summed E-state index contributed by atoms with van der Waals surface area (Å²) in [5.41, 5.74) is 0. The number of aliphatic hydroxyl groups excluding tert-OH is 2. The molecular weight excluding hydrogens is 344 g/mol. The number of ether oxygens (including phenoxy) is 1. The van der Waals surface area contributed by atoms with Crippen molar-refractivity contribution in [2.24, 2.45) is 0 Å². The Balaban J connectivity index is 2.08. The van der Waals surface area contributed by atoms with Gasteiger partial charge < -0.3 is 20.1 Å². The second kappa shape index (κ2) is 14.4. The number of carboxylic acid groups (broad SMARTS) is 1. The van der Waals surface area contributed by atoms with E-state index >= 15 is 0 Å². The highest BCUT2D eigenvalue weighted by Gasteiger charge is 2.36. The molecule has 1 fully saturated rings. The number of allylic oxidation sites excluding steroid dienone is 7. The summed E-state index contributed by atoms with van der Waals surface area (Å²) in [7, 11) is 0. The fraction of sp³-hybridized carbons (Fsp3) is 0.591. The summed E-state index contributed by atoms with van der Waals surface area (Å²) in [6.07, 6.45) is 20.0. The highest BCUT2D eigenvalue weighted by molar-refractivity contribution is 5.66. The van der Waals surface area contributed by atoms with Gasteiger partial charge in [-0.15, -0.1) is 0 Å². The molecule has 1 rings (SSSR count). The molecule has 1 saturated heterocycles. The minimum atomic E-state index is -0.763. The number of carboxylic acids is 1. The van der Waals surface area contributed by atoms with Crippen LogP contribution in [0, 0.1) is 0 Å². The SMILES string of the molecule is CCC(O)C1CC(O)C(C/C=C/C/C=C/C/C=C/C/C=C/CCC(=O)O)O1. The fourth-order valence-corrected chi connectivity index (χ4v) is 2.85. The molecule has 3 N–H and O–H groups in total. The average Bonchev–Trinajstić information content (AvgIpc) is 3.01. The predicted octanol–water partition coefficient (Wildman–Crippen LogP) is 3.93. The van der Waals surface area contributed by atoms with E-state index in [2.05, 4.69) is 30.4 Å². The Hall–Kier alpha value is -1.69. The van der Waals surface area contributed by atoms with E-state index in [1.807, 2.05) is 25.2 Å². The largest absolute Gasteiger partial charge is 0.481 e. The van der Waals surface area contributed by atoms with Gasteiger partial charge in [0, 0.05) is 12.8 Å². The lowest BCUT2D eigenvalue weighted by Gasteiger charge is -2.16.